The van der Waals surface area contributed by atoms with Gasteiger partial charge in [0.15, 0.2) is 6.29 Å². The highest BCUT2D eigenvalue weighted by Gasteiger charge is 2.44. The number of allylic oxidation sites excluding steroid dienone is 2. The first kappa shape index (κ1) is 51.9. The molecule has 326 valence electrons. The molecule has 1 aliphatic rings. The molecule has 1 rings (SSSR count). The van der Waals surface area contributed by atoms with Gasteiger partial charge < -0.3 is 50.5 Å². The molecule has 0 aromatic rings. The average molecular weight is 788 g/mol. The van der Waals surface area contributed by atoms with E-state index in [9.17, 15) is 40.5 Å². The van der Waals surface area contributed by atoms with Gasteiger partial charge in [-0.25, -0.2) is 0 Å². The number of aliphatic hydroxyl groups is 7. The maximum absolute atomic E-state index is 12.9. The fourth-order valence-electron chi connectivity index (χ4n) is 7.26. The molecule has 9 unspecified atom stereocenters. The van der Waals surface area contributed by atoms with Crippen molar-refractivity contribution in [2.75, 3.05) is 13.2 Å². The molecule has 8 N–H and O–H groups in total. The van der Waals surface area contributed by atoms with Crippen LogP contribution in [-0.4, -0.2) is 110 Å². The second-order valence-corrected chi connectivity index (χ2v) is 16.1. The van der Waals surface area contributed by atoms with E-state index in [4.69, 9.17) is 9.47 Å². The normalized spacial score (nSPS) is 22.5. The maximum atomic E-state index is 12.9. The molecule has 11 nitrogen and oxygen atoms in total. The van der Waals surface area contributed by atoms with E-state index in [1.54, 1.807) is 0 Å². The van der Waals surface area contributed by atoms with E-state index in [-0.39, 0.29) is 6.42 Å². The third-order valence-electron chi connectivity index (χ3n) is 11.1. The SMILES string of the molecule is CCCCCCCCCCCCCC/C=C\CCCCCCCCCCC(O)C(=O)NC(COC1OC(CO)C(O)C(O)C1O)C(O)C(O)CCCCCC. The van der Waals surface area contributed by atoms with E-state index in [1.165, 1.54) is 109 Å². The third-order valence-corrected chi connectivity index (χ3v) is 11.1. The molecule has 1 heterocycles. The summed E-state index contributed by atoms with van der Waals surface area (Å²) in [4.78, 5) is 12.9. The highest BCUT2D eigenvalue weighted by Crippen LogP contribution is 2.23. The Kier molecular flexibility index (Phi) is 32.9. The van der Waals surface area contributed by atoms with Crippen LogP contribution in [0.25, 0.3) is 0 Å². The molecule has 0 bridgehead atoms. The zero-order chi connectivity index (χ0) is 40.5. The zero-order valence-corrected chi connectivity index (χ0v) is 34.9. The number of carbonyl (C=O) groups is 1. The molecule has 0 radical (unpaired) electrons. The quantitative estimate of drug-likeness (QED) is 0.0243. The first-order valence-corrected chi connectivity index (χ1v) is 22.6. The molecule has 0 aromatic heterocycles. The van der Waals surface area contributed by atoms with Crippen molar-refractivity contribution in [3.05, 3.63) is 12.2 Å². The number of carbonyl (C=O) groups excluding carboxylic acids is 1. The lowest BCUT2D eigenvalue weighted by Crippen LogP contribution is -2.60. The predicted octanol–water partition coefficient (Wildman–Crippen LogP) is 6.89. The van der Waals surface area contributed by atoms with Crippen molar-refractivity contribution < 1.29 is 50.0 Å². The van der Waals surface area contributed by atoms with Crippen LogP contribution in [0.4, 0.5) is 0 Å². The van der Waals surface area contributed by atoms with Gasteiger partial charge in [0.05, 0.1) is 25.4 Å². The summed E-state index contributed by atoms with van der Waals surface area (Å²) in [5.74, 6) is -0.706. The van der Waals surface area contributed by atoms with Gasteiger partial charge in [0.1, 0.15) is 36.6 Å². The number of hydrogen-bond acceptors (Lipinski definition) is 10. The topological polar surface area (TPSA) is 189 Å². The summed E-state index contributed by atoms with van der Waals surface area (Å²) in [6, 6.07) is -1.16. The minimum Gasteiger partial charge on any atom is -0.394 e. The van der Waals surface area contributed by atoms with Crippen LogP contribution in [0.2, 0.25) is 0 Å². The second-order valence-electron chi connectivity index (χ2n) is 16.1. The van der Waals surface area contributed by atoms with Crippen LogP contribution < -0.4 is 5.32 Å². The lowest BCUT2D eigenvalue weighted by molar-refractivity contribution is -0.303. The second kappa shape index (κ2) is 34.9. The Morgan fingerprint density at radius 2 is 1.05 bits per heavy atom. The molecule has 9 atom stereocenters. The summed E-state index contributed by atoms with van der Waals surface area (Å²) in [5.41, 5.74) is 0. The van der Waals surface area contributed by atoms with Gasteiger partial charge in [-0.2, -0.15) is 0 Å². The number of rotatable bonds is 37. The largest absolute Gasteiger partial charge is 0.394 e. The lowest BCUT2D eigenvalue weighted by Gasteiger charge is -2.40. The first-order chi connectivity index (χ1) is 26.7. The molecular weight excluding hydrogens is 702 g/mol. The van der Waals surface area contributed by atoms with Crippen LogP contribution in [0.3, 0.4) is 0 Å². The van der Waals surface area contributed by atoms with Gasteiger partial charge in [-0.15, -0.1) is 0 Å². The van der Waals surface area contributed by atoms with E-state index in [1.807, 2.05) is 0 Å². The number of ether oxygens (including phenoxy) is 2. The van der Waals surface area contributed by atoms with E-state index < -0.39 is 74.2 Å². The van der Waals surface area contributed by atoms with Crippen LogP contribution in [0, 0.1) is 0 Å². The number of amides is 1. The van der Waals surface area contributed by atoms with E-state index in [0.29, 0.717) is 19.3 Å². The Labute approximate surface area is 334 Å². The third kappa shape index (κ3) is 25.1. The summed E-state index contributed by atoms with van der Waals surface area (Å²) in [5, 5.41) is 74.8. The predicted molar refractivity (Wildman–Crippen MR) is 219 cm³/mol. The summed E-state index contributed by atoms with van der Waals surface area (Å²) < 4.78 is 11.0. The molecular formula is C44H85NO10. The minimum atomic E-state index is -1.66. The van der Waals surface area contributed by atoms with Crippen molar-refractivity contribution in [1.82, 2.24) is 5.32 Å². The molecule has 1 aliphatic heterocycles. The molecule has 1 fully saturated rings. The van der Waals surface area contributed by atoms with Gasteiger partial charge >= 0.3 is 0 Å². The number of nitrogens with one attached hydrogen (secondary N) is 1. The number of unbranched alkanes of at least 4 members (excludes halogenated alkanes) is 23. The van der Waals surface area contributed by atoms with Crippen molar-refractivity contribution in [2.24, 2.45) is 0 Å². The Morgan fingerprint density at radius 1 is 0.618 bits per heavy atom. The Bertz CT molecular complexity index is 908. The van der Waals surface area contributed by atoms with Gasteiger partial charge in [-0.1, -0.05) is 167 Å². The van der Waals surface area contributed by atoms with Crippen molar-refractivity contribution in [1.29, 1.82) is 0 Å². The number of aliphatic hydroxyl groups excluding tert-OH is 7. The van der Waals surface area contributed by atoms with Crippen molar-refractivity contribution in [3.8, 4) is 0 Å². The van der Waals surface area contributed by atoms with Crippen molar-refractivity contribution in [2.45, 2.75) is 249 Å². The Balaban J connectivity index is 2.23. The molecule has 0 aromatic carbocycles. The van der Waals surface area contributed by atoms with Gasteiger partial charge in [-0.05, 0) is 38.5 Å². The fraction of sp³-hybridized carbons (Fsp3) is 0.932. The van der Waals surface area contributed by atoms with Crippen molar-refractivity contribution >= 4 is 5.91 Å². The summed E-state index contributed by atoms with van der Waals surface area (Å²) >= 11 is 0. The van der Waals surface area contributed by atoms with Gasteiger partial charge in [0.25, 0.3) is 0 Å². The van der Waals surface area contributed by atoms with Crippen LogP contribution in [0.5, 0.6) is 0 Å². The lowest BCUT2D eigenvalue weighted by atomic mass is 9.98. The van der Waals surface area contributed by atoms with Crippen LogP contribution in [-0.2, 0) is 14.3 Å². The molecule has 0 spiro atoms. The van der Waals surface area contributed by atoms with E-state index >= 15 is 0 Å². The zero-order valence-electron chi connectivity index (χ0n) is 34.9. The Morgan fingerprint density at radius 3 is 1.55 bits per heavy atom. The van der Waals surface area contributed by atoms with Crippen molar-refractivity contribution in [3.63, 3.8) is 0 Å². The molecule has 0 saturated carbocycles. The fourth-order valence-corrected chi connectivity index (χ4v) is 7.26. The van der Waals surface area contributed by atoms with Crippen LogP contribution in [0.1, 0.15) is 194 Å². The monoisotopic (exact) mass is 788 g/mol. The summed E-state index contributed by atoms with van der Waals surface area (Å²) in [6.07, 6.45) is 25.0. The smallest absolute Gasteiger partial charge is 0.249 e. The Hall–Kier alpha value is -1.15. The van der Waals surface area contributed by atoms with Crippen LogP contribution >= 0.6 is 0 Å². The molecule has 1 amide bonds. The number of hydrogen-bond donors (Lipinski definition) is 8. The highest BCUT2D eigenvalue weighted by atomic mass is 16.7. The molecule has 11 heteroatoms. The van der Waals surface area contributed by atoms with E-state index in [2.05, 4.69) is 31.3 Å². The van der Waals surface area contributed by atoms with Gasteiger partial charge in [-0.3, -0.25) is 4.79 Å². The first-order valence-electron chi connectivity index (χ1n) is 22.6. The standard InChI is InChI=1S/C44H85NO10/c1-3-5-7-9-10-11-12-13-14-15-16-17-18-19-20-21-22-23-24-25-26-27-28-30-32-37(48)43(53)45-35(39(49)36(47)31-29-8-6-4-2)34-54-44-42(52)41(51)40(50)38(33-46)55-44/h19-20,35-42,44,46-52H,3-18,21-34H2,1-2H3,(H,45,53)/b20-19-. The van der Waals surface area contributed by atoms with Gasteiger partial charge in [0, 0.05) is 0 Å². The summed E-state index contributed by atoms with van der Waals surface area (Å²) in [7, 11) is 0. The summed E-state index contributed by atoms with van der Waals surface area (Å²) in [6.45, 7) is 3.29. The molecule has 1 saturated heterocycles. The maximum Gasteiger partial charge on any atom is 0.249 e. The highest BCUT2D eigenvalue weighted by molar-refractivity contribution is 5.80. The van der Waals surface area contributed by atoms with E-state index in [0.717, 1.165) is 44.9 Å². The molecule has 55 heavy (non-hydrogen) atoms. The minimum absolute atomic E-state index is 0.257. The van der Waals surface area contributed by atoms with Gasteiger partial charge in [0.2, 0.25) is 5.91 Å². The molecule has 0 aliphatic carbocycles. The average Bonchev–Trinajstić information content (AvgIpc) is 3.18. The van der Waals surface area contributed by atoms with Crippen LogP contribution in [0.15, 0.2) is 12.2 Å².